The number of nitrogens with two attached hydrogens (primary N) is 2. The van der Waals surface area contributed by atoms with Gasteiger partial charge >= 0.3 is 103 Å². The van der Waals surface area contributed by atoms with E-state index in [-0.39, 0.29) is 114 Å². The Hall–Kier alpha value is 3.37. The minimum absolute atomic E-state index is 0. The predicted molar refractivity (Wildman–Crippen MR) is 60.4 cm³/mol. The van der Waals surface area contributed by atoms with Crippen LogP contribution in [0.2, 0.25) is 6.04 Å². The molecule has 0 amide bonds. The Balaban J connectivity index is -0.000000405. The zero-order valence-electron chi connectivity index (χ0n) is 6.75. The van der Waals surface area contributed by atoms with E-state index in [4.69, 9.17) is 11.5 Å². The molecule has 0 aromatic carbocycles. The van der Waals surface area contributed by atoms with Crippen molar-refractivity contribution in [1.82, 2.24) is 0 Å². The van der Waals surface area contributed by atoms with E-state index in [0.29, 0.717) is 0 Å². The van der Waals surface area contributed by atoms with Crippen LogP contribution in [0.1, 0.15) is 20.3 Å². The number of hydrogen-bond donors (Lipinski definition) is 3. The quantitative estimate of drug-likeness (QED) is 0.501. The fourth-order valence-electron chi connectivity index (χ4n) is 0.692. The average molecular weight is 243 g/mol. The van der Waals surface area contributed by atoms with E-state index in [1.807, 2.05) is 13.8 Å². The fourth-order valence-corrected chi connectivity index (χ4v) is 2.07. The van der Waals surface area contributed by atoms with E-state index in [2.05, 4.69) is 0 Å². The first-order valence-electron chi connectivity index (χ1n) is 3.77. The van der Waals surface area contributed by atoms with Crippen molar-refractivity contribution in [3.05, 3.63) is 0 Å². The van der Waals surface area contributed by atoms with E-state index in [1.165, 1.54) is 0 Å². The van der Waals surface area contributed by atoms with Crippen molar-refractivity contribution in [2.45, 2.75) is 38.0 Å². The average Bonchev–Trinajstić information content (AvgIpc) is 1.87. The fraction of sp³-hybridized carbons (Fsp3) is 1.00. The summed E-state index contributed by atoms with van der Waals surface area (Å²) in [6, 6.07) is 0.890. The van der Waals surface area contributed by atoms with Crippen LogP contribution in [0.25, 0.3) is 0 Å². The molecule has 3 atom stereocenters. The number of hydrogen-bond acceptors (Lipinski definition) is 3. The van der Waals surface area contributed by atoms with Gasteiger partial charge in [0.15, 0.2) is 9.04 Å². The molecule has 0 aliphatic carbocycles. The summed E-state index contributed by atoms with van der Waals surface area (Å²) in [4.78, 5) is 9.36. The monoisotopic (exact) mass is 242 g/mol. The molecule has 0 aliphatic heterocycles. The summed E-state index contributed by atoms with van der Waals surface area (Å²) in [7, 11) is -1.70. The van der Waals surface area contributed by atoms with Crippen LogP contribution in [0.4, 0.5) is 0 Å². The Morgan fingerprint density at radius 1 is 1.33 bits per heavy atom. The Labute approximate surface area is 162 Å². The topological polar surface area (TPSA) is 72.3 Å². The first-order chi connectivity index (χ1) is 4.57. The molecule has 0 spiro atoms. The molecular weight excluding hydrogens is 222 g/mol. The van der Waals surface area contributed by atoms with Crippen LogP contribution in [-0.2, 0) is 0 Å². The van der Waals surface area contributed by atoms with E-state index < -0.39 is 9.04 Å². The van der Waals surface area contributed by atoms with Gasteiger partial charge in [0.1, 0.15) is 0 Å². The molecule has 3 nitrogen and oxygen atoms in total. The predicted octanol–water partition coefficient (Wildman–Crippen LogP) is -1.97. The van der Waals surface area contributed by atoms with Gasteiger partial charge in [-0.3, -0.25) is 0 Å². The summed E-state index contributed by atoms with van der Waals surface area (Å²) < 4.78 is 0. The van der Waals surface area contributed by atoms with Crippen LogP contribution in [0, 0.1) is 0 Å². The van der Waals surface area contributed by atoms with Gasteiger partial charge in [0.2, 0.25) is 0 Å². The van der Waals surface area contributed by atoms with Crippen molar-refractivity contribution in [2.24, 2.45) is 11.5 Å². The van der Waals surface area contributed by atoms with Gasteiger partial charge in [-0.05, 0) is 12.5 Å². The second kappa shape index (κ2) is 12.4. The van der Waals surface area contributed by atoms with Crippen molar-refractivity contribution in [3.63, 3.8) is 0 Å². The Morgan fingerprint density at radius 2 is 1.75 bits per heavy atom. The Bertz CT molecular complexity index is 97.6. The zero-order valence-corrected chi connectivity index (χ0v) is 7.90. The summed E-state index contributed by atoms with van der Waals surface area (Å²) in [6.07, 6.45) is 0.927. The van der Waals surface area contributed by atoms with Crippen LogP contribution in [0.15, 0.2) is 0 Å². The van der Waals surface area contributed by atoms with E-state index in [9.17, 15) is 4.80 Å². The molecule has 6 heteroatoms. The second-order valence-electron chi connectivity index (χ2n) is 2.83. The molecule has 0 saturated heterocycles. The minimum atomic E-state index is -1.70. The first-order valence-corrected chi connectivity index (χ1v) is 5.77. The second-order valence-corrected chi connectivity index (χ2v) is 5.49. The summed E-state index contributed by atoms with van der Waals surface area (Å²) >= 11 is 0. The molecule has 0 bridgehead atoms. The molecule has 0 radical (unpaired) electrons. The Morgan fingerprint density at radius 3 is 2.00 bits per heavy atom. The van der Waals surface area contributed by atoms with Gasteiger partial charge in [-0.2, -0.15) is 0 Å². The maximum atomic E-state index is 9.36. The van der Waals surface area contributed by atoms with Gasteiger partial charge in [0.25, 0.3) is 0 Å². The van der Waals surface area contributed by atoms with E-state index >= 15 is 0 Å². The van der Waals surface area contributed by atoms with Gasteiger partial charge in [-0.15, -0.1) is 0 Å². The normalized spacial score (nSPS) is 16.8. The van der Waals surface area contributed by atoms with Crippen molar-refractivity contribution >= 4 is 112 Å². The third kappa shape index (κ3) is 11.4. The molecule has 66 valence electrons. The SMILES string of the molecule is CCC(N)C[SiH](O)C(C)N.[KH].[KH]. The van der Waals surface area contributed by atoms with E-state index in [1.54, 1.807) is 0 Å². The number of rotatable bonds is 4. The molecule has 0 heterocycles. The molecule has 0 aromatic rings. The molecule has 0 fully saturated rings. The van der Waals surface area contributed by atoms with E-state index in [0.717, 1.165) is 12.5 Å². The summed E-state index contributed by atoms with van der Waals surface area (Å²) in [5.74, 6) is 0. The molecule has 0 saturated carbocycles. The van der Waals surface area contributed by atoms with Crippen LogP contribution in [0.3, 0.4) is 0 Å². The van der Waals surface area contributed by atoms with Crippen molar-refractivity contribution in [1.29, 1.82) is 0 Å². The van der Waals surface area contributed by atoms with Crippen LogP contribution >= 0.6 is 0 Å². The summed E-state index contributed by atoms with van der Waals surface area (Å²) in [6.45, 7) is 3.87. The molecule has 0 aliphatic rings. The van der Waals surface area contributed by atoms with Crippen LogP contribution < -0.4 is 11.5 Å². The zero-order chi connectivity index (χ0) is 8.15. The standard InChI is InChI=1S/C6H18N2OSi.2K.2H/c1-3-6(8)4-10(9)5(2)7;;;;/h5-6,9-10H,3-4,7-8H2,1-2H3;;;;. The molecule has 0 rings (SSSR count). The maximum absolute atomic E-state index is 9.36. The molecular formula is C6H20K2N2OSi. The van der Waals surface area contributed by atoms with Gasteiger partial charge in [0.05, 0.1) is 0 Å². The molecule has 12 heavy (non-hydrogen) atoms. The third-order valence-electron chi connectivity index (χ3n) is 1.68. The first kappa shape index (κ1) is 20.7. The molecule has 0 aromatic heterocycles. The summed E-state index contributed by atoms with van der Waals surface area (Å²) in [5, 5.41) is 0. The van der Waals surface area contributed by atoms with Gasteiger partial charge in [0, 0.05) is 11.7 Å². The van der Waals surface area contributed by atoms with Crippen LogP contribution in [-0.4, -0.2) is 128 Å². The van der Waals surface area contributed by atoms with Gasteiger partial charge < -0.3 is 16.3 Å². The van der Waals surface area contributed by atoms with Gasteiger partial charge in [-0.1, -0.05) is 13.8 Å². The molecule has 5 N–H and O–H groups in total. The van der Waals surface area contributed by atoms with Crippen molar-refractivity contribution in [2.75, 3.05) is 0 Å². The summed E-state index contributed by atoms with van der Waals surface area (Å²) in [5.41, 5.74) is 11.1. The van der Waals surface area contributed by atoms with Crippen LogP contribution in [0.5, 0.6) is 0 Å². The third-order valence-corrected chi connectivity index (χ3v) is 3.98. The molecule has 3 unspecified atom stereocenters. The van der Waals surface area contributed by atoms with Crippen molar-refractivity contribution in [3.8, 4) is 0 Å². The van der Waals surface area contributed by atoms with Gasteiger partial charge in [-0.25, -0.2) is 0 Å². The Kier molecular flexibility index (Phi) is 21.5. The van der Waals surface area contributed by atoms with Crippen molar-refractivity contribution < 1.29 is 4.80 Å².